The molecule has 0 radical (unpaired) electrons. The first-order valence-corrected chi connectivity index (χ1v) is 38.2. The summed E-state index contributed by atoms with van der Waals surface area (Å²) in [6.45, 7) is -1.72. The molecule has 4 saturated heterocycles. The van der Waals surface area contributed by atoms with Crippen molar-refractivity contribution in [2.75, 3.05) is 99.0 Å². The normalized spacial score (nSPS) is 27.1. The Morgan fingerprint density at radius 1 is 0.398 bits per heavy atom. The van der Waals surface area contributed by atoms with Crippen LogP contribution < -0.4 is 14.8 Å². The number of terminal acetylenes is 1. The molecule has 4 aliphatic rings. The number of hydrogen-bond acceptors (Lipinski definition) is 35. The third kappa shape index (κ3) is 24.8. The molecule has 2 aromatic heterocycles. The number of aliphatic hydroxyl groups excluding tert-OH is 12. The number of carbonyl (C=O) groups excluding carboxylic acids is 3. The van der Waals surface area contributed by atoms with E-state index in [0.717, 1.165) is 0 Å². The Bertz CT molecular complexity index is 3980. The molecule has 0 bridgehead atoms. The maximum absolute atomic E-state index is 13.1. The number of nitrogens with one attached hydrogen (secondary N) is 1. The Kier molecular flexibility index (Phi) is 34.8. The van der Waals surface area contributed by atoms with Gasteiger partial charge in [0.1, 0.15) is 134 Å². The lowest BCUT2D eigenvalue weighted by Crippen LogP contribution is -2.65. The van der Waals surface area contributed by atoms with Gasteiger partial charge in [-0.05, 0) is 23.3 Å². The zero-order valence-electron chi connectivity index (χ0n) is 64.1. The molecule has 13 N–H and O–H groups in total. The second-order valence-electron chi connectivity index (χ2n) is 27.7. The van der Waals surface area contributed by atoms with Crippen LogP contribution in [0.2, 0.25) is 0 Å². The van der Waals surface area contributed by atoms with Gasteiger partial charge in [0.15, 0.2) is 36.7 Å². The monoisotopic (exact) mass is 1650 g/mol. The lowest BCUT2D eigenvalue weighted by atomic mass is 9.96. The molecule has 0 aliphatic carbocycles. The molecule has 640 valence electrons. The van der Waals surface area contributed by atoms with Gasteiger partial charge in [0.25, 0.3) is 5.91 Å². The second kappa shape index (κ2) is 45.6. The van der Waals surface area contributed by atoms with Crippen molar-refractivity contribution in [3.05, 3.63) is 190 Å². The Labute approximate surface area is 677 Å². The van der Waals surface area contributed by atoms with Crippen LogP contribution in [-0.2, 0) is 106 Å². The van der Waals surface area contributed by atoms with Crippen molar-refractivity contribution in [3.63, 3.8) is 0 Å². The molecule has 11 rings (SSSR count). The first-order chi connectivity index (χ1) is 57.3. The molecule has 118 heavy (non-hydrogen) atoms. The highest BCUT2D eigenvalue weighted by Gasteiger charge is 2.54. The Morgan fingerprint density at radius 3 is 1.16 bits per heavy atom. The predicted molar refractivity (Wildman–Crippen MR) is 402 cm³/mol. The Balaban J connectivity index is 0.535. The highest BCUT2D eigenvalue weighted by molar-refractivity contribution is 6.09. The summed E-state index contributed by atoms with van der Waals surface area (Å²) >= 11 is 0. The maximum atomic E-state index is 13.1. The van der Waals surface area contributed by atoms with Crippen LogP contribution in [-0.4, -0.2) is 331 Å². The van der Waals surface area contributed by atoms with Crippen LogP contribution in [0, 0.1) is 12.3 Å². The van der Waals surface area contributed by atoms with Crippen LogP contribution in [0.25, 0.3) is 0 Å². The third-order valence-electron chi connectivity index (χ3n) is 19.4. The fourth-order valence-corrected chi connectivity index (χ4v) is 13.0. The van der Waals surface area contributed by atoms with Crippen molar-refractivity contribution < 1.29 is 151 Å². The van der Waals surface area contributed by atoms with E-state index in [9.17, 15) is 75.7 Å². The van der Waals surface area contributed by atoms with Crippen molar-refractivity contribution >= 4 is 17.5 Å². The van der Waals surface area contributed by atoms with Gasteiger partial charge in [0.05, 0.1) is 138 Å². The van der Waals surface area contributed by atoms with E-state index in [-0.39, 0.29) is 128 Å². The van der Waals surface area contributed by atoms with Gasteiger partial charge in [0.2, 0.25) is 0 Å². The zero-order chi connectivity index (χ0) is 83.5. The minimum Gasteiger partial charge on any atom is -0.487 e. The quantitative estimate of drug-likeness (QED) is 0.0108. The lowest BCUT2D eigenvalue weighted by Gasteiger charge is -2.46. The van der Waals surface area contributed by atoms with Gasteiger partial charge in [-0.3, -0.25) is 14.4 Å². The average Bonchev–Trinajstić information content (AvgIpc) is 0.811. The lowest BCUT2D eigenvalue weighted by molar-refractivity contribution is -0.362. The minimum atomic E-state index is -1.75. The van der Waals surface area contributed by atoms with E-state index < -0.39 is 155 Å². The first kappa shape index (κ1) is 90.1. The molecule has 6 heterocycles. The van der Waals surface area contributed by atoms with E-state index in [1.165, 1.54) is 12.1 Å². The largest absolute Gasteiger partial charge is 0.487 e. The van der Waals surface area contributed by atoms with E-state index in [4.69, 9.17) is 82.2 Å². The highest BCUT2D eigenvalue weighted by Crippen LogP contribution is 2.34. The number of nitrogens with zero attached hydrogens (tertiary/aromatic N) is 6. The van der Waals surface area contributed by atoms with Crippen molar-refractivity contribution in [1.29, 1.82) is 0 Å². The number of aromatic nitrogens is 6. The van der Waals surface area contributed by atoms with Gasteiger partial charge in [-0.25, -0.2) is 9.36 Å². The van der Waals surface area contributed by atoms with E-state index in [0.29, 0.717) is 57.9 Å². The van der Waals surface area contributed by atoms with Gasteiger partial charge >= 0.3 is 0 Å². The first-order valence-electron chi connectivity index (χ1n) is 38.2. The van der Waals surface area contributed by atoms with Crippen LogP contribution >= 0.6 is 0 Å². The van der Waals surface area contributed by atoms with Crippen molar-refractivity contribution in [2.24, 2.45) is 0 Å². The minimum absolute atomic E-state index is 0.0156. The van der Waals surface area contributed by atoms with Gasteiger partial charge in [-0.1, -0.05) is 126 Å². The van der Waals surface area contributed by atoms with Crippen molar-refractivity contribution in [2.45, 2.75) is 162 Å². The van der Waals surface area contributed by atoms with E-state index in [2.05, 4.69) is 31.9 Å². The molecule has 38 nitrogen and oxygen atoms in total. The molecule has 7 aromatic rings. The fourth-order valence-electron chi connectivity index (χ4n) is 13.0. The maximum Gasteiger partial charge on any atom is 0.252 e. The molecule has 20 atom stereocenters. The smallest absolute Gasteiger partial charge is 0.252 e. The molecule has 0 unspecified atom stereocenters. The number of hydrogen-bond donors (Lipinski definition) is 13. The number of ketones is 2. The molecule has 1 amide bonds. The summed E-state index contributed by atoms with van der Waals surface area (Å²) in [5, 5.41) is 149. The number of amides is 1. The van der Waals surface area contributed by atoms with Crippen molar-refractivity contribution in [1.82, 2.24) is 35.3 Å². The molecular weight excluding hydrogens is 1550 g/mol. The van der Waals surface area contributed by atoms with Crippen LogP contribution in [0.15, 0.2) is 140 Å². The molecule has 4 fully saturated rings. The molecule has 38 heteroatoms. The summed E-state index contributed by atoms with van der Waals surface area (Å²) in [7, 11) is 0. The number of ether oxygens (including phenoxy) is 16. The Hall–Kier alpha value is -8.69. The van der Waals surface area contributed by atoms with Crippen LogP contribution in [0.4, 0.5) is 0 Å². The Morgan fingerprint density at radius 2 is 0.771 bits per heavy atom. The van der Waals surface area contributed by atoms with Gasteiger partial charge in [-0.15, -0.1) is 16.6 Å². The highest BCUT2D eigenvalue weighted by atomic mass is 16.8. The number of aliphatic hydroxyl groups is 12. The summed E-state index contributed by atoms with van der Waals surface area (Å²) in [6, 6.07) is 35.2. The summed E-state index contributed by atoms with van der Waals surface area (Å²) < 4.78 is 95.6. The molecule has 5 aromatic carbocycles. The van der Waals surface area contributed by atoms with Crippen LogP contribution in [0.3, 0.4) is 0 Å². The average molecular weight is 1650 g/mol. The van der Waals surface area contributed by atoms with E-state index in [1.807, 2.05) is 0 Å². The van der Waals surface area contributed by atoms with Crippen LogP contribution in [0.1, 0.15) is 64.7 Å². The predicted octanol–water partition coefficient (Wildman–Crippen LogP) is -2.35. The third-order valence-corrected chi connectivity index (χ3v) is 19.4. The number of carbonyl (C=O) groups is 3. The molecule has 0 saturated carbocycles. The van der Waals surface area contributed by atoms with Crippen LogP contribution in [0.5, 0.6) is 11.5 Å². The zero-order valence-corrected chi connectivity index (χ0v) is 64.1. The summed E-state index contributed by atoms with van der Waals surface area (Å²) in [4.78, 5) is 38.9. The van der Waals surface area contributed by atoms with Gasteiger partial charge in [0, 0.05) is 33.9 Å². The topological polar surface area (TPSA) is 515 Å². The van der Waals surface area contributed by atoms with Gasteiger partial charge in [-0.2, -0.15) is 0 Å². The van der Waals surface area contributed by atoms with Crippen molar-refractivity contribution in [3.8, 4) is 23.8 Å². The van der Waals surface area contributed by atoms with E-state index >= 15 is 0 Å². The van der Waals surface area contributed by atoms with Gasteiger partial charge < -0.3 is 142 Å². The molecule has 0 spiro atoms. The second-order valence-corrected chi connectivity index (χ2v) is 27.7. The molecular formula is C80H99N7O31. The summed E-state index contributed by atoms with van der Waals surface area (Å²) in [5.41, 5.74) is 4.21. The summed E-state index contributed by atoms with van der Waals surface area (Å²) in [6.07, 6.45) is -21.8. The standard InChI is InChI=1S/C80H99N7O31/c1-2-21-81-76(102)53-34-56(109-45-54-37-86(84-82-54)22-24-103-26-28-105-30-32-107-77-68(98)66(96)72(60(41-90)115-77)117-79-70(100)74(64(94)58(39-88)113-79)111-43-47-13-17-51(18-14-47)62(92)49-9-5-3-6-10-49)36-57(35-53)110-46-55-38-87(85-83-55)23-25-104-27-29-106-31-33-108-78-69(99)67(97)73(61(42-91)116-78)118-80-71(101)75(65(95)59(40-89)114-80)112-44-48-15-19-52(20-16-48)63(93)50-11-7-4-8-12-50/h1,3-20,34-38,58-61,64-75,77-80,88-91,94-101H,21-33,39-46H2,(H,81,102)/t58-,59-,60-,61-,64+,65+,66-,67-,68-,69-,70-,71-,72-,73-,74+,75+,77-,78-,79+,80+/m1/s1. The van der Waals surface area contributed by atoms with E-state index in [1.54, 1.807) is 137 Å². The number of benzene rings is 5. The SMILES string of the molecule is C#CCNC(=O)c1cc(OCc2cn(CCOCCOCCO[C@@H]3O[C@H](CO)[C@@H](O[C@@H]4O[C@H](CO)[C@H](O)[C@H](OCc5ccc(C(=O)c6ccccc6)cc5)[C@H]4O)[C@H](O)[C@H]3O)nn2)cc(OCc2cn(CCOCCOCCO[C@@H]3O[C@H](CO)[C@@H](O[C@@H]4O[C@H](CO)[C@H](O)[C@H](OCc5ccc(C(=O)c6ccccc6)cc5)[C@H]4O)[C@H](O)[C@H]3O)nn2)c1. The summed E-state index contributed by atoms with van der Waals surface area (Å²) in [5.74, 6) is 2.07. The fraction of sp³-hybridized carbons (Fsp3) is 0.512. The molecule has 4 aliphatic heterocycles. The number of rotatable bonds is 46.